The number of benzene rings is 3. The predicted octanol–water partition coefficient (Wildman–Crippen LogP) is 8.35. The van der Waals surface area contributed by atoms with Crippen molar-refractivity contribution in [1.29, 1.82) is 0 Å². The Hall–Kier alpha value is -3.70. The Morgan fingerprint density at radius 1 is 0.771 bits per heavy atom. The zero-order chi connectivity index (χ0) is 24.9. The van der Waals surface area contributed by atoms with Crippen molar-refractivity contribution in [2.45, 2.75) is 39.5 Å². The van der Waals surface area contributed by atoms with Gasteiger partial charge in [-0.25, -0.2) is 14.8 Å². The number of hydrogen-bond acceptors (Lipinski definition) is 3. The summed E-state index contributed by atoms with van der Waals surface area (Å²) in [5, 5.41) is 6.70. The quantitative estimate of drug-likeness (QED) is 0.289. The molecule has 2 N–H and O–H groups in total. The van der Waals surface area contributed by atoms with Gasteiger partial charge in [-0.3, -0.25) is 0 Å². The average Bonchev–Trinajstić information content (AvgIpc) is 2.85. The van der Waals surface area contributed by atoms with Gasteiger partial charge in [0.05, 0.1) is 17.6 Å². The minimum absolute atomic E-state index is 0.266. The largest absolute Gasteiger partial charge is 0.323 e. The maximum atomic E-state index is 13.2. The third-order valence-corrected chi connectivity index (χ3v) is 6.05. The van der Waals surface area contributed by atoms with Crippen molar-refractivity contribution < 1.29 is 4.79 Å². The van der Waals surface area contributed by atoms with Crippen molar-refractivity contribution in [2.24, 2.45) is 0 Å². The highest BCUT2D eigenvalue weighted by Crippen LogP contribution is 2.33. The van der Waals surface area contributed by atoms with Gasteiger partial charge < -0.3 is 10.6 Å². The maximum Gasteiger partial charge on any atom is 0.323 e. The topological polar surface area (TPSA) is 66.9 Å². The van der Waals surface area contributed by atoms with Crippen LogP contribution in [0, 0.1) is 0 Å². The molecule has 0 spiro atoms. The van der Waals surface area contributed by atoms with E-state index in [0.29, 0.717) is 22.2 Å². The Kier molecular flexibility index (Phi) is 7.47. The minimum Gasteiger partial charge on any atom is -0.307 e. The fourth-order valence-electron chi connectivity index (χ4n) is 3.99. The lowest BCUT2D eigenvalue weighted by Crippen LogP contribution is -2.22. The van der Waals surface area contributed by atoms with Gasteiger partial charge in [0.2, 0.25) is 0 Å². The lowest BCUT2D eigenvalue weighted by Gasteiger charge is -2.20. The molecule has 0 unspecified atom stereocenters. The summed E-state index contributed by atoms with van der Waals surface area (Å²) in [6.07, 6.45) is 1.65. The molecule has 0 aliphatic heterocycles. The summed E-state index contributed by atoms with van der Waals surface area (Å²) in [6.45, 7) is 8.49. The first-order valence-electron chi connectivity index (χ1n) is 11.7. The van der Waals surface area contributed by atoms with Crippen LogP contribution in [0.4, 0.5) is 16.2 Å². The fraction of sp³-hybridized carbons (Fsp3) is 0.207. The lowest BCUT2D eigenvalue weighted by molar-refractivity contribution is 0.262. The van der Waals surface area contributed by atoms with Crippen LogP contribution in [0.5, 0.6) is 0 Å². The molecule has 0 aliphatic rings. The second-order valence-corrected chi connectivity index (χ2v) is 9.47. The predicted molar refractivity (Wildman–Crippen MR) is 145 cm³/mol. The lowest BCUT2D eigenvalue weighted by atomic mass is 9.93. The Balaban J connectivity index is 1.70. The Labute approximate surface area is 211 Å². The van der Waals surface area contributed by atoms with Gasteiger partial charge >= 0.3 is 6.03 Å². The monoisotopic (exact) mass is 484 g/mol. The van der Waals surface area contributed by atoms with Crippen LogP contribution in [0.3, 0.4) is 0 Å². The van der Waals surface area contributed by atoms with Crippen molar-refractivity contribution in [3.05, 3.63) is 95.1 Å². The molecule has 5 nitrogen and oxygen atoms in total. The zero-order valence-electron chi connectivity index (χ0n) is 20.3. The maximum absolute atomic E-state index is 13.2. The molecule has 0 radical (unpaired) electrons. The van der Waals surface area contributed by atoms with Crippen molar-refractivity contribution in [2.75, 3.05) is 10.6 Å². The average molecular weight is 485 g/mol. The molecule has 0 saturated carbocycles. The molecule has 6 heteroatoms. The summed E-state index contributed by atoms with van der Waals surface area (Å²) < 4.78 is 0. The van der Waals surface area contributed by atoms with Gasteiger partial charge in [-0.05, 0) is 35.1 Å². The highest BCUT2D eigenvalue weighted by Gasteiger charge is 2.18. The number of rotatable bonds is 6. The van der Waals surface area contributed by atoms with Gasteiger partial charge in [-0.15, -0.1) is 0 Å². The van der Waals surface area contributed by atoms with Gasteiger partial charge in [0.1, 0.15) is 0 Å². The number of halogens is 1. The minimum atomic E-state index is -0.341. The first-order chi connectivity index (χ1) is 16.8. The molecule has 3 aromatic carbocycles. The molecule has 0 saturated heterocycles. The van der Waals surface area contributed by atoms with Gasteiger partial charge in [0.25, 0.3) is 0 Å². The molecule has 0 fully saturated rings. The molecule has 1 aromatic heterocycles. The van der Waals surface area contributed by atoms with Crippen LogP contribution >= 0.6 is 11.6 Å². The van der Waals surface area contributed by atoms with Crippen LogP contribution in [-0.4, -0.2) is 16.0 Å². The molecule has 0 bridgehead atoms. The van der Waals surface area contributed by atoms with Crippen LogP contribution in [0.2, 0.25) is 5.02 Å². The number of amides is 2. The van der Waals surface area contributed by atoms with E-state index in [9.17, 15) is 4.79 Å². The van der Waals surface area contributed by atoms with Crippen molar-refractivity contribution in [3.8, 4) is 22.6 Å². The molecular formula is C29H29ClN4O. The van der Waals surface area contributed by atoms with Crippen LogP contribution in [0.1, 0.15) is 50.7 Å². The van der Waals surface area contributed by atoms with E-state index in [0.717, 1.165) is 27.9 Å². The molecule has 0 atom stereocenters. The van der Waals surface area contributed by atoms with Crippen LogP contribution in [0.25, 0.3) is 22.6 Å². The van der Waals surface area contributed by atoms with Gasteiger partial charge in [-0.2, -0.15) is 0 Å². The summed E-state index contributed by atoms with van der Waals surface area (Å²) in [5.74, 6) is 1.11. The molecule has 35 heavy (non-hydrogen) atoms. The van der Waals surface area contributed by atoms with E-state index in [2.05, 4.69) is 55.4 Å². The van der Waals surface area contributed by atoms with Gasteiger partial charge in [0, 0.05) is 21.8 Å². The zero-order valence-corrected chi connectivity index (χ0v) is 21.1. The number of nitrogens with zero attached hydrogens (tertiary/aromatic N) is 2. The van der Waals surface area contributed by atoms with E-state index in [1.54, 1.807) is 18.3 Å². The summed E-state index contributed by atoms with van der Waals surface area (Å²) in [4.78, 5) is 22.5. The third-order valence-electron chi connectivity index (χ3n) is 5.80. The fourth-order valence-corrected chi connectivity index (χ4v) is 4.12. The van der Waals surface area contributed by atoms with Crippen LogP contribution in [0.15, 0.2) is 79.0 Å². The first kappa shape index (κ1) is 24.4. The number of para-hydroxylation sites is 1. The summed E-state index contributed by atoms with van der Waals surface area (Å²) in [6, 6.07) is 22.9. The van der Waals surface area contributed by atoms with E-state index in [-0.39, 0.29) is 17.9 Å². The second kappa shape index (κ2) is 10.7. The molecule has 1 heterocycles. The van der Waals surface area contributed by atoms with E-state index >= 15 is 0 Å². The highest BCUT2D eigenvalue weighted by atomic mass is 35.5. The molecule has 2 amide bonds. The first-order valence-corrected chi connectivity index (χ1v) is 12.1. The number of nitrogens with one attached hydrogen (secondary N) is 2. The summed E-state index contributed by atoms with van der Waals surface area (Å²) in [5.41, 5.74) is 5.90. The Morgan fingerprint density at radius 3 is 2.00 bits per heavy atom. The van der Waals surface area contributed by atoms with Gasteiger partial charge in [0.15, 0.2) is 5.82 Å². The molecule has 4 rings (SSSR count). The molecule has 0 aliphatic carbocycles. The number of carbonyl (C=O) groups is 1. The van der Waals surface area contributed by atoms with Crippen molar-refractivity contribution in [3.63, 3.8) is 0 Å². The van der Waals surface area contributed by atoms with Crippen molar-refractivity contribution in [1.82, 2.24) is 9.97 Å². The summed E-state index contributed by atoms with van der Waals surface area (Å²) >= 11 is 6.11. The molecular weight excluding hydrogens is 456 g/mol. The van der Waals surface area contributed by atoms with E-state index < -0.39 is 0 Å². The highest BCUT2D eigenvalue weighted by molar-refractivity contribution is 6.30. The number of anilines is 2. The standard InChI is InChI=1S/C29H29ClN4O/c1-18(2)23-11-8-12-24(19(3)4)27(23)34-29(35)32-25-17-31-28(21-9-6-5-7-10-21)33-26(25)20-13-15-22(30)16-14-20/h5-19H,1-4H3,(H2,32,34,35). The third kappa shape index (κ3) is 5.69. The van der Waals surface area contributed by atoms with E-state index in [1.165, 1.54) is 0 Å². The molecule has 4 aromatic rings. The normalized spacial score (nSPS) is 11.1. The second-order valence-electron chi connectivity index (χ2n) is 9.03. The Bertz CT molecular complexity index is 1290. The molecule has 178 valence electrons. The summed E-state index contributed by atoms with van der Waals surface area (Å²) in [7, 11) is 0. The number of hydrogen-bond donors (Lipinski definition) is 2. The number of urea groups is 1. The van der Waals surface area contributed by atoms with Crippen LogP contribution < -0.4 is 10.6 Å². The smallest absolute Gasteiger partial charge is 0.307 e. The van der Waals surface area contributed by atoms with Crippen molar-refractivity contribution >= 4 is 29.0 Å². The van der Waals surface area contributed by atoms with Gasteiger partial charge in [-0.1, -0.05) is 100.0 Å². The number of aromatic nitrogens is 2. The Morgan fingerprint density at radius 2 is 1.40 bits per heavy atom. The van der Waals surface area contributed by atoms with E-state index in [1.807, 2.05) is 48.5 Å². The number of carbonyl (C=O) groups excluding carboxylic acids is 1. The van der Waals surface area contributed by atoms with E-state index in [4.69, 9.17) is 16.6 Å². The van der Waals surface area contributed by atoms with Crippen LogP contribution in [-0.2, 0) is 0 Å². The SMILES string of the molecule is CC(C)c1cccc(C(C)C)c1NC(=O)Nc1cnc(-c2ccccc2)nc1-c1ccc(Cl)cc1.